The number of carbonyl (C=O) groups is 2. The van der Waals surface area contributed by atoms with E-state index in [1.807, 2.05) is 54.6 Å². The molecular weight excluding hydrogens is 430 g/mol. The molecule has 172 valence electrons. The van der Waals surface area contributed by atoms with Crippen LogP contribution in [0.25, 0.3) is 0 Å². The molecule has 0 heterocycles. The Bertz CT molecular complexity index is 953. The fourth-order valence-electron chi connectivity index (χ4n) is 4.11. The third kappa shape index (κ3) is 5.90. The van der Waals surface area contributed by atoms with Crippen LogP contribution in [0.3, 0.4) is 0 Å². The molecule has 0 fully saturated rings. The predicted molar refractivity (Wildman–Crippen MR) is 134 cm³/mol. The summed E-state index contributed by atoms with van der Waals surface area (Å²) in [6.07, 6.45) is -0.644. The topological polar surface area (TPSA) is 64.6 Å². The molecule has 0 saturated heterocycles. The lowest BCUT2D eigenvalue weighted by Crippen LogP contribution is -2.69. The third-order valence-corrected chi connectivity index (χ3v) is 10.5. The molecule has 33 heavy (non-hydrogen) atoms. The van der Waals surface area contributed by atoms with Crippen LogP contribution in [-0.4, -0.2) is 38.9 Å². The van der Waals surface area contributed by atoms with Crippen molar-refractivity contribution >= 4 is 35.7 Å². The number of hydrogen-bond donors (Lipinski definition) is 1. The normalized spacial score (nSPS) is 12.5. The van der Waals surface area contributed by atoms with Gasteiger partial charge in [0.25, 0.3) is 0 Å². The second-order valence-electron chi connectivity index (χ2n) is 8.93. The maximum Gasteiger partial charge on any atom is 0.408 e. The van der Waals surface area contributed by atoms with Crippen LogP contribution in [0.15, 0.2) is 91.0 Å². The van der Waals surface area contributed by atoms with Crippen LogP contribution in [0.4, 0.5) is 4.79 Å². The van der Waals surface area contributed by atoms with Crippen molar-refractivity contribution < 1.29 is 19.1 Å². The number of esters is 1. The first kappa shape index (κ1) is 24.3. The van der Waals surface area contributed by atoms with Gasteiger partial charge in [-0.2, -0.15) is 0 Å². The standard InChI is InChI=1S/C27H31NO4Si/c1-27(2,3)32-26(30)28-24(25(29)31-4)20-33(21-14-8-5-9-15-21,22-16-10-6-11-17-22)23-18-12-7-13-19-23/h5-19,24H,20H2,1-4H3,(H,28,30)/t24-/m1/s1. The highest BCUT2D eigenvalue weighted by Crippen LogP contribution is 2.17. The Kier molecular flexibility index (Phi) is 7.71. The van der Waals surface area contributed by atoms with Gasteiger partial charge < -0.3 is 14.8 Å². The molecule has 5 nitrogen and oxygen atoms in total. The summed E-state index contributed by atoms with van der Waals surface area (Å²) < 4.78 is 10.6. The zero-order valence-corrected chi connectivity index (χ0v) is 20.6. The quantitative estimate of drug-likeness (QED) is 0.333. The molecule has 3 aromatic carbocycles. The van der Waals surface area contributed by atoms with E-state index in [-0.39, 0.29) is 0 Å². The summed E-state index contributed by atoms with van der Waals surface area (Å²) in [4.78, 5) is 25.6. The van der Waals surface area contributed by atoms with Crippen LogP contribution in [0.2, 0.25) is 6.04 Å². The fourth-order valence-corrected chi connectivity index (χ4v) is 8.99. The molecule has 0 aromatic heterocycles. The van der Waals surface area contributed by atoms with Gasteiger partial charge in [0.1, 0.15) is 11.6 Å². The molecular formula is C27H31NO4Si. The van der Waals surface area contributed by atoms with Crippen LogP contribution in [0, 0.1) is 0 Å². The number of hydrogen-bond acceptors (Lipinski definition) is 4. The van der Waals surface area contributed by atoms with Gasteiger partial charge in [-0.05, 0) is 42.4 Å². The van der Waals surface area contributed by atoms with Crippen molar-refractivity contribution in [3.8, 4) is 0 Å². The largest absolute Gasteiger partial charge is 0.467 e. The summed E-state index contributed by atoms with van der Waals surface area (Å²) in [6, 6.07) is 30.2. The van der Waals surface area contributed by atoms with Crippen molar-refractivity contribution in [3.63, 3.8) is 0 Å². The molecule has 3 aromatic rings. The molecule has 0 spiro atoms. The first-order valence-electron chi connectivity index (χ1n) is 11.0. The van der Waals surface area contributed by atoms with E-state index in [0.717, 1.165) is 15.6 Å². The van der Waals surface area contributed by atoms with Crippen molar-refractivity contribution in [1.29, 1.82) is 0 Å². The van der Waals surface area contributed by atoms with Gasteiger partial charge in [0.15, 0.2) is 8.07 Å². The van der Waals surface area contributed by atoms with Crippen molar-refractivity contribution in [2.75, 3.05) is 7.11 Å². The van der Waals surface area contributed by atoms with Crippen LogP contribution in [0.1, 0.15) is 20.8 Å². The number of nitrogens with one attached hydrogen (secondary N) is 1. The van der Waals surface area contributed by atoms with Gasteiger partial charge >= 0.3 is 12.1 Å². The Labute approximate surface area is 196 Å². The van der Waals surface area contributed by atoms with Gasteiger partial charge in [-0.3, -0.25) is 0 Å². The van der Waals surface area contributed by atoms with E-state index in [9.17, 15) is 9.59 Å². The maximum absolute atomic E-state index is 12.9. The summed E-state index contributed by atoms with van der Waals surface area (Å²) in [7, 11) is -1.43. The third-order valence-electron chi connectivity index (χ3n) is 5.49. The SMILES string of the molecule is COC(=O)[C@@H](C[Si](c1ccccc1)(c1ccccc1)c1ccccc1)NC(=O)OC(C)(C)C. The number of alkyl carbamates (subject to hydrolysis) is 1. The Hall–Kier alpha value is -3.38. The van der Waals surface area contributed by atoms with Crippen molar-refractivity contribution in [2.45, 2.75) is 38.5 Å². The lowest BCUT2D eigenvalue weighted by atomic mass is 10.2. The van der Waals surface area contributed by atoms with E-state index < -0.39 is 31.8 Å². The van der Waals surface area contributed by atoms with Crippen LogP contribution >= 0.6 is 0 Å². The summed E-state index contributed by atoms with van der Waals surface area (Å²) >= 11 is 0. The molecule has 1 N–H and O–H groups in total. The predicted octanol–water partition coefficient (Wildman–Crippen LogP) is 3.22. The van der Waals surface area contributed by atoms with Gasteiger partial charge in [-0.1, -0.05) is 91.0 Å². The van der Waals surface area contributed by atoms with E-state index in [1.54, 1.807) is 20.8 Å². The first-order valence-corrected chi connectivity index (χ1v) is 13.2. The Morgan fingerprint density at radius 2 is 1.18 bits per heavy atom. The van der Waals surface area contributed by atoms with Crippen molar-refractivity contribution in [2.24, 2.45) is 0 Å². The van der Waals surface area contributed by atoms with Gasteiger partial charge in [0.2, 0.25) is 0 Å². The van der Waals surface area contributed by atoms with Crippen molar-refractivity contribution in [3.05, 3.63) is 91.0 Å². The maximum atomic E-state index is 12.9. The lowest BCUT2D eigenvalue weighted by molar-refractivity contribution is -0.142. The Balaban J connectivity index is 2.17. The van der Waals surface area contributed by atoms with Crippen molar-refractivity contribution in [1.82, 2.24) is 5.32 Å². The molecule has 0 bridgehead atoms. The minimum atomic E-state index is -2.76. The first-order chi connectivity index (χ1) is 15.8. The van der Waals surface area contributed by atoms with E-state index in [2.05, 4.69) is 41.7 Å². The molecule has 1 amide bonds. The zero-order valence-electron chi connectivity index (χ0n) is 19.6. The van der Waals surface area contributed by atoms with Gasteiger partial charge in [-0.15, -0.1) is 0 Å². The molecule has 0 aliphatic rings. The van der Waals surface area contributed by atoms with E-state index in [4.69, 9.17) is 9.47 Å². The van der Waals surface area contributed by atoms with Gasteiger partial charge in [-0.25, -0.2) is 9.59 Å². The minimum absolute atomic E-state index is 0.386. The molecule has 3 rings (SSSR count). The van der Waals surface area contributed by atoms with Gasteiger partial charge in [0.05, 0.1) is 7.11 Å². The second-order valence-corrected chi connectivity index (χ2v) is 12.9. The smallest absolute Gasteiger partial charge is 0.408 e. The van der Waals surface area contributed by atoms with E-state index >= 15 is 0 Å². The number of amides is 1. The van der Waals surface area contributed by atoms with E-state index in [1.165, 1.54) is 7.11 Å². The summed E-state index contributed by atoms with van der Waals surface area (Å²) in [5.41, 5.74) is -0.683. The summed E-state index contributed by atoms with van der Waals surface area (Å²) in [5.74, 6) is -0.500. The fraction of sp³-hybridized carbons (Fsp3) is 0.259. The number of ether oxygens (including phenoxy) is 2. The number of carbonyl (C=O) groups excluding carboxylic acids is 2. The molecule has 0 aliphatic heterocycles. The molecule has 1 atom stereocenters. The molecule has 0 radical (unpaired) electrons. The highest BCUT2D eigenvalue weighted by molar-refractivity contribution is 7.11. The molecule has 0 aliphatic carbocycles. The number of methoxy groups -OCH3 is 1. The zero-order chi connectivity index (χ0) is 23.9. The number of benzene rings is 3. The molecule has 0 saturated carbocycles. The second kappa shape index (κ2) is 10.5. The monoisotopic (exact) mass is 461 g/mol. The highest BCUT2D eigenvalue weighted by atomic mass is 28.3. The average Bonchev–Trinajstić information content (AvgIpc) is 2.82. The Morgan fingerprint density at radius 3 is 1.52 bits per heavy atom. The van der Waals surface area contributed by atoms with Crippen LogP contribution < -0.4 is 20.9 Å². The number of rotatable bonds is 7. The van der Waals surface area contributed by atoms with E-state index in [0.29, 0.717) is 6.04 Å². The minimum Gasteiger partial charge on any atom is -0.467 e. The van der Waals surface area contributed by atoms with Crippen LogP contribution in [0.5, 0.6) is 0 Å². The van der Waals surface area contributed by atoms with Gasteiger partial charge in [0, 0.05) is 0 Å². The van der Waals surface area contributed by atoms with Crippen LogP contribution in [-0.2, 0) is 14.3 Å². The molecule has 6 heteroatoms. The average molecular weight is 462 g/mol. The highest BCUT2D eigenvalue weighted by Gasteiger charge is 2.44. The molecule has 0 unspecified atom stereocenters. The summed E-state index contributed by atoms with van der Waals surface area (Å²) in [6.45, 7) is 5.37. The Morgan fingerprint density at radius 1 is 0.788 bits per heavy atom. The summed E-state index contributed by atoms with van der Waals surface area (Å²) in [5, 5.41) is 6.21. The lowest BCUT2D eigenvalue weighted by Gasteiger charge is -2.36.